The van der Waals surface area contributed by atoms with Crippen molar-refractivity contribution in [2.24, 2.45) is 0 Å². The van der Waals surface area contributed by atoms with Crippen molar-refractivity contribution in [3.8, 4) is 39.1 Å². The molecule has 0 radical (unpaired) electrons. The number of para-hydroxylation sites is 2. The lowest BCUT2D eigenvalue weighted by atomic mass is 9.91. The van der Waals surface area contributed by atoms with Crippen LogP contribution in [0.3, 0.4) is 0 Å². The number of aromatic hydroxyl groups is 1. The van der Waals surface area contributed by atoms with E-state index in [-0.39, 0.29) is 5.75 Å². The van der Waals surface area contributed by atoms with Gasteiger partial charge >= 0.3 is 0 Å². The summed E-state index contributed by atoms with van der Waals surface area (Å²) in [6.07, 6.45) is 4.16. The molecule has 1 N–H and O–H groups in total. The SMILES string of the molecule is Cc1ccc(N(C2=CCCc3c2oc2c(-c4ccccc4)cccc32)c2ccc3ccc4c(N(c5ccc(C)cc5)c5cccc(-c6cccc(-c7ccccc7C)c6)c5O)ccc5ccc2c3c54)cc1. The number of hydrogen-bond acceptors (Lipinski definition) is 4. The Morgan fingerprint density at radius 2 is 0.986 bits per heavy atom. The Labute approximate surface area is 414 Å². The lowest BCUT2D eigenvalue weighted by Gasteiger charge is -2.31. The van der Waals surface area contributed by atoms with Crippen molar-refractivity contribution in [1.82, 2.24) is 0 Å². The van der Waals surface area contributed by atoms with Crippen LogP contribution < -0.4 is 9.80 Å². The number of allylic oxidation sites excluding steroid dienone is 1. The lowest BCUT2D eigenvalue weighted by Crippen LogP contribution is -2.18. The topological polar surface area (TPSA) is 39.9 Å². The van der Waals surface area contributed by atoms with Gasteiger partial charge in [-0.15, -0.1) is 0 Å². The average molecular weight is 915 g/mol. The van der Waals surface area contributed by atoms with Gasteiger partial charge in [0, 0.05) is 44.2 Å². The minimum absolute atomic E-state index is 0.221. The quantitative estimate of drug-likeness (QED) is 0.147. The third kappa shape index (κ3) is 7.05. The van der Waals surface area contributed by atoms with E-state index in [4.69, 9.17) is 4.42 Å². The number of phenolic OH excluding ortho intramolecular Hbond substituents is 1. The van der Waals surface area contributed by atoms with Crippen LogP contribution in [0.1, 0.15) is 34.4 Å². The smallest absolute Gasteiger partial charge is 0.155 e. The first-order valence-corrected chi connectivity index (χ1v) is 24.6. The van der Waals surface area contributed by atoms with E-state index in [9.17, 15) is 5.11 Å². The molecular weight excluding hydrogens is 865 g/mol. The third-order valence-corrected chi connectivity index (χ3v) is 14.7. The minimum Gasteiger partial charge on any atom is -0.505 e. The van der Waals surface area contributed by atoms with Crippen LogP contribution in [0.4, 0.5) is 28.4 Å². The Hall–Kier alpha value is -8.86. The molecule has 0 bridgehead atoms. The number of nitrogens with zero attached hydrogens (tertiary/aromatic N) is 2. The molecule has 1 aliphatic rings. The number of phenols is 1. The zero-order valence-electron chi connectivity index (χ0n) is 39.9. The number of aryl methyl sites for hydroxylation is 4. The molecule has 71 heavy (non-hydrogen) atoms. The van der Waals surface area contributed by atoms with Crippen molar-refractivity contribution in [1.29, 1.82) is 0 Å². The van der Waals surface area contributed by atoms with E-state index in [1.54, 1.807) is 0 Å². The molecule has 0 saturated heterocycles. The molecule has 1 heterocycles. The Kier molecular flexibility index (Phi) is 10.1. The van der Waals surface area contributed by atoms with Gasteiger partial charge in [0.1, 0.15) is 11.3 Å². The van der Waals surface area contributed by atoms with Crippen LogP contribution in [0.25, 0.3) is 82.4 Å². The van der Waals surface area contributed by atoms with Gasteiger partial charge in [0.2, 0.25) is 0 Å². The van der Waals surface area contributed by atoms with Gasteiger partial charge in [-0.25, -0.2) is 0 Å². The Morgan fingerprint density at radius 3 is 1.68 bits per heavy atom. The van der Waals surface area contributed by atoms with Crippen LogP contribution in [-0.4, -0.2) is 5.11 Å². The molecule has 0 aliphatic heterocycles. The summed E-state index contributed by atoms with van der Waals surface area (Å²) in [4.78, 5) is 4.65. The van der Waals surface area contributed by atoms with E-state index in [1.165, 1.54) is 44.0 Å². The molecule has 4 nitrogen and oxygen atoms in total. The minimum atomic E-state index is 0.221. The number of benzene rings is 11. The Bertz CT molecular complexity index is 4030. The maximum Gasteiger partial charge on any atom is 0.155 e. The fourth-order valence-corrected chi connectivity index (χ4v) is 11.2. The predicted octanol–water partition coefficient (Wildman–Crippen LogP) is 18.6. The molecule has 1 aromatic heterocycles. The predicted molar refractivity (Wildman–Crippen MR) is 298 cm³/mol. The van der Waals surface area contributed by atoms with Crippen molar-refractivity contribution in [2.75, 3.05) is 9.80 Å². The molecule has 0 spiro atoms. The van der Waals surface area contributed by atoms with Crippen molar-refractivity contribution in [3.63, 3.8) is 0 Å². The zero-order chi connectivity index (χ0) is 47.7. The van der Waals surface area contributed by atoms with Gasteiger partial charge in [-0.05, 0) is 132 Å². The molecule has 0 unspecified atom stereocenters. The molecule has 13 rings (SSSR count). The summed E-state index contributed by atoms with van der Waals surface area (Å²) in [5.74, 6) is 1.14. The second-order valence-electron chi connectivity index (χ2n) is 19.1. The first-order valence-electron chi connectivity index (χ1n) is 24.6. The van der Waals surface area contributed by atoms with Crippen LogP contribution in [0.5, 0.6) is 5.75 Å². The van der Waals surface area contributed by atoms with E-state index in [0.717, 1.165) is 102 Å². The van der Waals surface area contributed by atoms with Crippen molar-refractivity contribution < 1.29 is 9.52 Å². The van der Waals surface area contributed by atoms with Crippen molar-refractivity contribution in [2.45, 2.75) is 33.6 Å². The first-order chi connectivity index (χ1) is 34.9. The molecule has 0 fully saturated rings. The van der Waals surface area contributed by atoms with Gasteiger partial charge < -0.3 is 19.3 Å². The highest BCUT2D eigenvalue weighted by atomic mass is 16.3. The summed E-state index contributed by atoms with van der Waals surface area (Å²) in [5, 5.41) is 20.7. The van der Waals surface area contributed by atoms with Crippen LogP contribution in [0, 0.1) is 20.8 Å². The molecule has 1 aliphatic carbocycles. The fourth-order valence-electron chi connectivity index (χ4n) is 11.2. The van der Waals surface area contributed by atoms with Gasteiger partial charge in [0.25, 0.3) is 0 Å². The number of hydrogen-bond donors (Lipinski definition) is 1. The number of furan rings is 1. The lowest BCUT2D eigenvalue weighted by molar-refractivity contribution is 0.478. The summed E-state index contributed by atoms with van der Waals surface area (Å²) in [7, 11) is 0. The normalized spacial score (nSPS) is 12.5. The van der Waals surface area contributed by atoms with E-state index in [0.29, 0.717) is 5.69 Å². The highest BCUT2D eigenvalue weighted by Crippen LogP contribution is 2.51. The molecule has 0 atom stereocenters. The van der Waals surface area contributed by atoms with E-state index in [2.05, 4.69) is 237 Å². The van der Waals surface area contributed by atoms with E-state index in [1.807, 2.05) is 12.1 Å². The Morgan fingerprint density at radius 1 is 0.437 bits per heavy atom. The van der Waals surface area contributed by atoms with E-state index < -0.39 is 0 Å². The summed E-state index contributed by atoms with van der Waals surface area (Å²) in [6.45, 7) is 6.40. The first kappa shape index (κ1) is 42.3. The standard InChI is InChI=1S/C67H50N2O2/c1-42-25-33-50(34-26-42)68(61-23-11-19-53(65(61)70)49-17-9-16-48(41-49)52-18-8-7-13-44(52)3)59-39-31-46-30-38-58-60(40-32-47-29-37-57(59)63(46)64(47)58)69(51-35-27-43(2)28-36-51)62-24-12-22-56-55-21-10-20-54(66(55)71-67(56)62)45-14-5-4-6-15-45/h4-11,13-21,23-41,70H,12,22H2,1-3H3. The molecule has 340 valence electrons. The summed E-state index contributed by atoms with van der Waals surface area (Å²) >= 11 is 0. The largest absolute Gasteiger partial charge is 0.505 e. The summed E-state index contributed by atoms with van der Waals surface area (Å²) in [5.41, 5.74) is 17.9. The molecule has 0 amide bonds. The van der Waals surface area contributed by atoms with Crippen molar-refractivity contribution >= 4 is 77.4 Å². The average Bonchev–Trinajstić information content (AvgIpc) is 3.80. The molecule has 4 heteroatoms. The molecule has 11 aromatic carbocycles. The number of fused-ring (bicyclic) bond motifs is 3. The number of rotatable bonds is 9. The monoisotopic (exact) mass is 914 g/mol. The van der Waals surface area contributed by atoms with Crippen LogP contribution in [-0.2, 0) is 6.42 Å². The van der Waals surface area contributed by atoms with Crippen LogP contribution >= 0.6 is 0 Å². The molecule has 0 saturated carbocycles. The number of anilines is 5. The van der Waals surface area contributed by atoms with Crippen LogP contribution in [0.2, 0.25) is 0 Å². The van der Waals surface area contributed by atoms with Crippen LogP contribution in [0.15, 0.2) is 223 Å². The van der Waals surface area contributed by atoms with Gasteiger partial charge in [-0.3, -0.25) is 0 Å². The zero-order valence-corrected chi connectivity index (χ0v) is 39.9. The van der Waals surface area contributed by atoms with Crippen molar-refractivity contribution in [3.05, 3.63) is 246 Å². The van der Waals surface area contributed by atoms with E-state index >= 15 is 0 Å². The van der Waals surface area contributed by atoms with Gasteiger partial charge in [0.15, 0.2) is 5.76 Å². The maximum absolute atomic E-state index is 12.6. The second-order valence-corrected chi connectivity index (χ2v) is 19.1. The molecular formula is C67H50N2O2. The maximum atomic E-state index is 12.6. The fraction of sp³-hybridized carbons (Fsp3) is 0.0746. The highest BCUT2D eigenvalue weighted by molar-refractivity contribution is 6.28. The highest BCUT2D eigenvalue weighted by Gasteiger charge is 2.30. The summed E-state index contributed by atoms with van der Waals surface area (Å²) in [6, 6.07) is 75.8. The third-order valence-electron chi connectivity index (χ3n) is 14.7. The summed E-state index contributed by atoms with van der Waals surface area (Å²) < 4.78 is 7.14. The second kappa shape index (κ2) is 17.0. The van der Waals surface area contributed by atoms with Gasteiger partial charge in [-0.2, -0.15) is 0 Å². The van der Waals surface area contributed by atoms with Gasteiger partial charge in [0.05, 0.1) is 22.8 Å². The molecule has 12 aromatic rings. The Balaban J connectivity index is 1.000. The van der Waals surface area contributed by atoms with Gasteiger partial charge in [-0.1, -0.05) is 181 Å².